The summed E-state index contributed by atoms with van der Waals surface area (Å²) in [5, 5.41) is 0. The summed E-state index contributed by atoms with van der Waals surface area (Å²) in [7, 11) is -3.38. The van der Waals surface area contributed by atoms with Crippen molar-refractivity contribution in [1.82, 2.24) is 19.2 Å². The lowest BCUT2D eigenvalue weighted by atomic mass is 10.0. The normalized spacial score (nSPS) is 21.3. The highest BCUT2D eigenvalue weighted by molar-refractivity contribution is 7.89. The molecule has 9 heteroatoms. The fraction of sp³-hybridized carbons (Fsp3) is 0.762. The van der Waals surface area contributed by atoms with Gasteiger partial charge in [0.05, 0.1) is 5.75 Å². The number of carbonyl (C=O) groups is 1. The van der Waals surface area contributed by atoms with E-state index >= 15 is 0 Å². The number of anilines is 1. The average molecular weight is 438 g/mol. The van der Waals surface area contributed by atoms with E-state index in [1.54, 1.807) is 0 Å². The van der Waals surface area contributed by atoms with Crippen LogP contribution in [-0.4, -0.2) is 78.0 Å². The van der Waals surface area contributed by atoms with Crippen LogP contribution < -0.4 is 4.90 Å². The molecule has 0 aromatic carbocycles. The number of hydrogen-bond donors (Lipinski definition) is 0. The molecule has 1 unspecified atom stereocenters. The number of nitrogens with zero attached hydrogens (tertiary/aromatic N) is 5. The Morgan fingerprint density at radius 1 is 1.13 bits per heavy atom. The molecule has 0 radical (unpaired) electrons. The summed E-state index contributed by atoms with van der Waals surface area (Å²) >= 11 is 0. The summed E-state index contributed by atoms with van der Waals surface area (Å²) in [4.78, 5) is 26.5. The van der Waals surface area contributed by atoms with Crippen LogP contribution in [0.5, 0.6) is 0 Å². The third-order valence-electron chi connectivity index (χ3n) is 5.85. The standard InChI is InChI=1S/C21H35N5O3S/c1-5-14-30(28,29)26-9-7-6-8-18(26)21(27)25-12-10-24(11-13-25)19-15-17(4)22-20(23-19)16(2)3/h15-16,18H,5-14H2,1-4H3. The number of piperazine rings is 1. The fourth-order valence-corrected chi connectivity index (χ4v) is 5.96. The highest BCUT2D eigenvalue weighted by atomic mass is 32.2. The van der Waals surface area contributed by atoms with Crippen LogP contribution in [0.3, 0.4) is 0 Å². The Morgan fingerprint density at radius 3 is 2.47 bits per heavy atom. The molecule has 0 bridgehead atoms. The van der Waals surface area contributed by atoms with Gasteiger partial charge in [0, 0.05) is 50.4 Å². The maximum Gasteiger partial charge on any atom is 0.241 e. The molecule has 1 atom stereocenters. The van der Waals surface area contributed by atoms with Crippen molar-refractivity contribution in [3.8, 4) is 0 Å². The van der Waals surface area contributed by atoms with Gasteiger partial charge in [0.2, 0.25) is 15.9 Å². The van der Waals surface area contributed by atoms with Crippen LogP contribution in [0.4, 0.5) is 5.82 Å². The predicted molar refractivity (Wildman–Crippen MR) is 118 cm³/mol. The number of sulfonamides is 1. The van der Waals surface area contributed by atoms with E-state index in [0.717, 1.165) is 30.2 Å². The highest BCUT2D eigenvalue weighted by Gasteiger charge is 2.38. The zero-order valence-electron chi connectivity index (χ0n) is 18.7. The fourth-order valence-electron chi connectivity index (χ4n) is 4.22. The Bertz CT molecular complexity index is 850. The Balaban J connectivity index is 1.67. The van der Waals surface area contributed by atoms with Crippen molar-refractivity contribution in [2.45, 2.75) is 65.3 Å². The van der Waals surface area contributed by atoms with Crippen molar-refractivity contribution in [3.63, 3.8) is 0 Å². The molecule has 2 saturated heterocycles. The topological polar surface area (TPSA) is 86.7 Å². The second kappa shape index (κ2) is 9.60. The van der Waals surface area contributed by atoms with E-state index in [9.17, 15) is 13.2 Å². The zero-order valence-corrected chi connectivity index (χ0v) is 19.5. The molecule has 0 saturated carbocycles. The molecule has 30 heavy (non-hydrogen) atoms. The van der Waals surface area contributed by atoms with Crippen LogP contribution >= 0.6 is 0 Å². The predicted octanol–water partition coefficient (Wildman–Crippen LogP) is 2.15. The molecule has 1 aromatic heterocycles. The van der Waals surface area contributed by atoms with Crippen molar-refractivity contribution < 1.29 is 13.2 Å². The van der Waals surface area contributed by atoms with Gasteiger partial charge >= 0.3 is 0 Å². The lowest BCUT2D eigenvalue weighted by molar-refractivity contribution is -0.136. The quantitative estimate of drug-likeness (QED) is 0.678. The number of carbonyl (C=O) groups excluding carboxylic acids is 1. The van der Waals surface area contributed by atoms with Gasteiger partial charge in [-0.15, -0.1) is 0 Å². The first-order valence-corrected chi connectivity index (χ1v) is 12.7. The maximum atomic E-state index is 13.2. The highest BCUT2D eigenvalue weighted by Crippen LogP contribution is 2.24. The van der Waals surface area contributed by atoms with Gasteiger partial charge in [0.15, 0.2) is 0 Å². The van der Waals surface area contributed by atoms with E-state index in [2.05, 4.69) is 23.7 Å². The van der Waals surface area contributed by atoms with Crippen LogP contribution in [-0.2, 0) is 14.8 Å². The second-order valence-corrected chi connectivity index (χ2v) is 10.7. The van der Waals surface area contributed by atoms with Crippen molar-refractivity contribution in [3.05, 3.63) is 17.6 Å². The molecule has 3 heterocycles. The molecule has 0 N–H and O–H groups in total. The Hall–Kier alpha value is -1.74. The maximum absolute atomic E-state index is 13.2. The molecule has 1 aromatic rings. The minimum atomic E-state index is -3.38. The molecule has 0 aliphatic carbocycles. The van der Waals surface area contributed by atoms with Gasteiger partial charge in [-0.3, -0.25) is 4.79 Å². The summed E-state index contributed by atoms with van der Waals surface area (Å²) in [5.41, 5.74) is 0.946. The van der Waals surface area contributed by atoms with Crippen molar-refractivity contribution in [1.29, 1.82) is 0 Å². The van der Waals surface area contributed by atoms with Crippen molar-refractivity contribution in [2.75, 3.05) is 43.4 Å². The van der Waals surface area contributed by atoms with E-state index in [0.29, 0.717) is 45.6 Å². The molecule has 3 rings (SSSR count). The second-order valence-electron chi connectivity index (χ2n) is 8.63. The van der Waals surface area contributed by atoms with Crippen LogP contribution in [0.1, 0.15) is 63.9 Å². The number of hydrogen-bond acceptors (Lipinski definition) is 6. The van der Waals surface area contributed by atoms with Crippen LogP contribution in [0.2, 0.25) is 0 Å². The van der Waals surface area contributed by atoms with Crippen molar-refractivity contribution >= 4 is 21.7 Å². The molecular formula is C21H35N5O3S. The third-order valence-corrected chi connectivity index (χ3v) is 7.92. The van der Waals surface area contributed by atoms with Gasteiger partial charge in [-0.05, 0) is 26.2 Å². The lowest BCUT2D eigenvalue weighted by Gasteiger charge is -2.40. The van der Waals surface area contributed by atoms with Gasteiger partial charge in [0.1, 0.15) is 17.7 Å². The molecule has 2 fully saturated rings. The number of amides is 1. The molecule has 8 nitrogen and oxygen atoms in total. The summed E-state index contributed by atoms with van der Waals surface area (Å²) in [5.74, 6) is 2.06. The summed E-state index contributed by atoms with van der Waals surface area (Å²) in [6.07, 6.45) is 2.90. The third kappa shape index (κ3) is 5.11. The molecule has 2 aliphatic rings. The first-order chi connectivity index (χ1) is 14.2. The van der Waals surface area contributed by atoms with Crippen LogP contribution in [0.25, 0.3) is 0 Å². The molecular weight excluding hydrogens is 402 g/mol. The first-order valence-electron chi connectivity index (χ1n) is 11.1. The SMILES string of the molecule is CCCS(=O)(=O)N1CCCCC1C(=O)N1CCN(c2cc(C)nc(C(C)C)n2)CC1. The van der Waals surface area contributed by atoms with Gasteiger partial charge in [0.25, 0.3) is 0 Å². The van der Waals surface area contributed by atoms with E-state index in [1.165, 1.54) is 4.31 Å². The summed E-state index contributed by atoms with van der Waals surface area (Å²) in [6.45, 7) is 11.0. The van der Waals surface area contributed by atoms with E-state index in [-0.39, 0.29) is 17.6 Å². The average Bonchev–Trinajstić information content (AvgIpc) is 2.73. The summed E-state index contributed by atoms with van der Waals surface area (Å²) in [6, 6.07) is 1.44. The smallest absolute Gasteiger partial charge is 0.241 e. The zero-order chi connectivity index (χ0) is 21.9. The van der Waals surface area contributed by atoms with Gasteiger partial charge in [-0.25, -0.2) is 18.4 Å². The van der Waals surface area contributed by atoms with Crippen molar-refractivity contribution in [2.24, 2.45) is 0 Å². The molecule has 1 amide bonds. The van der Waals surface area contributed by atoms with Crippen LogP contribution in [0, 0.1) is 6.92 Å². The number of aromatic nitrogens is 2. The van der Waals surface area contributed by atoms with E-state index < -0.39 is 16.1 Å². The number of rotatable bonds is 6. The number of piperidine rings is 1. The van der Waals surface area contributed by atoms with E-state index in [1.807, 2.05) is 24.8 Å². The monoisotopic (exact) mass is 437 g/mol. The Morgan fingerprint density at radius 2 is 1.83 bits per heavy atom. The summed E-state index contributed by atoms with van der Waals surface area (Å²) < 4.78 is 26.8. The van der Waals surface area contributed by atoms with Gasteiger partial charge < -0.3 is 9.80 Å². The molecule has 168 valence electrons. The minimum absolute atomic E-state index is 0.0456. The van der Waals surface area contributed by atoms with E-state index in [4.69, 9.17) is 4.98 Å². The largest absolute Gasteiger partial charge is 0.353 e. The lowest BCUT2D eigenvalue weighted by Crippen LogP contribution is -2.57. The van der Waals surface area contributed by atoms with Crippen LogP contribution in [0.15, 0.2) is 6.07 Å². The number of aryl methyl sites for hydroxylation is 1. The first kappa shape index (κ1) is 22.9. The van der Waals surface area contributed by atoms with Gasteiger partial charge in [-0.2, -0.15) is 4.31 Å². The Labute approximate surface area is 180 Å². The minimum Gasteiger partial charge on any atom is -0.353 e. The molecule has 0 spiro atoms. The van der Waals surface area contributed by atoms with Gasteiger partial charge in [-0.1, -0.05) is 27.2 Å². The Kier molecular flexibility index (Phi) is 7.34. The molecule has 2 aliphatic heterocycles.